The van der Waals surface area contributed by atoms with Crippen LogP contribution in [0.3, 0.4) is 0 Å². The van der Waals surface area contributed by atoms with Gasteiger partial charge in [0.15, 0.2) is 0 Å². The molecule has 1 atom stereocenters. The lowest BCUT2D eigenvalue weighted by Crippen LogP contribution is -2.50. The molecule has 4 rings (SSSR count). The number of rotatable bonds is 14. The highest BCUT2D eigenvalue weighted by Crippen LogP contribution is 2.30. The van der Waals surface area contributed by atoms with E-state index in [1.165, 1.54) is 10.9 Å². The van der Waals surface area contributed by atoms with E-state index in [1.807, 2.05) is 6.92 Å². The highest BCUT2D eigenvalue weighted by atomic mass is 32.2. The maximum absolute atomic E-state index is 13.3. The number of aromatic nitrogens is 2. The number of carbonyl (C=O) groups is 2. The number of hydrogen-bond acceptors (Lipinski definition) is 9. The van der Waals surface area contributed by atoms with Crippen molar-refractivity contribution < 1.29 is 22.7 Å². The lowest BCUT2D eigenvalue weighted by Gasteiger charge is -2.39. The number of benzene rings is 2. The van der Waals surface area contributed by atoms with Crippen LogP contribution in [0.25, 0.3) is 11.1 Å². The number of sulfonamides is 1. The second-order valence-electron chi connectivity index (χ2n) is 11.4. The van der Waals surface area contributed by atoms with E-state index < -0.39 is 21.2 Å². The fourth-order valence-electron chi connectivity index (χ4n) is 5.03. The van der Waals surface area contributed by atoms with E-state index in [4.69, 9.17) is 10.1 Å². The summed E-state index contributed by atoms with van der Waals surface area (Å²) in [6.07, 6.45) is 3.58. The van der Waals surface area contributed by atoms with Crippen LogP contribution in [0.4, 0.5) is 11.5 Å². The zero-order valence-electron chi connectivity index (χ0n) is 26.4. The average Bonchev–Trinajstić information content (AvgIpc) is 3.04. The minimum absolute atomic E-state index is 0.0153. The van der Waals surface area contributed by atoms with Gasteiger partial charge in [0, 0.05) is 48.0 Å². The highest BCUT2D eigenvalue weighted by Gasteiger charge is 2.34. The predicted molar refractivity (Wildman–Crippen MR) is 182 cm³/mol. The van der Waals surface area contributed by atoms with E-state index in [0.717, 1.165) is 17.2 Å². The molecule has 1 fully saturated rings. The Hall–Kier alpha value is -5.08. The van der Waals surface area contributed by atoms with E-state index in [2.05, 4.69) is 33.5 Å². The van der Waals surface area contributed by atoms with Gasteiger partial charge in [0.2, 0.25) is 5.91 Å². The van der Waals surface area contributed by atoms with Crippen LogP contribution in [0.1, 0.15) is 49.0 Å². The van der Waals surface area contributed by atoms with E-state index in [9.17, 15) is 22.8 Å². The Morgan fingerprint density at radius 2 is 1.89 bits per heavy atom. The SMILES string of the molecule is C=CS(=O)(=O)Nc1ccccc1-c1ccc(C(=O)N2CCC(C)(Cn3cnc(NCCCC(=O)NC(=C)C)c(C=N)c3=O)OC2)cc1. The van der Waals surface area contributed by atoms with Gasteiger partial charge in [-0.3, -0.25) is 23.7 Å². The van der Waals surface area contributed by atoms with Gasteiger partial charge in [0.25, 0.3) is 21.5 Å². The first-order valence-electron chi connectivity index (χ1n) is 14.9. The molecule has 2 aromatic carbocycles. The third-order valence-electron chi connectivity index (χ3n) is 7.56. The monoisotopic (exact) mass is 661 g/mol. The van der Waals surface area contributed by atoms with Gasteiger partial charge in [-0.1, -0.05) is 43.5 Å². The fourth-order valence-corrected chi connectivity index (χ4v) is 5.59. The molecule has 1 unspecified atom stereocenters. The molecule has 0 bridgehead atoms. The van der Waals surface area contributed by atoms with Crippen LogP contribution in [0, 0.1) is 5.41 Å². The number of nitrogens with zero attached hydrogens (tertiary/aromatic N) is 3. The average molecular weight is 662 g/mol. The van der Waals surface area contributed by atoms with Crippen LogP contribution in [0.5, 0.6) is 0 Å². The molecule has 2 amide bonds. The van der Waals surface area contributed by atoms with E-state index >= 15 is 0 Å². The van der Waals surface area contributed by atoms with E-state index in [0.29, 0.717) is 48.4 Å². The van der Waals surface area contributed by atoms with Crippen LogP contribution in [-0.2, 0) is 26.1 Å². The molecule has 1 aromatic heterocycles. The first-order valence-corrected chi connectivity index (χ1v) is 16.5. The summed E-state index contributed by atoms with van der Waals surface area (Å²) in [7, 11) is -3.70. The zero-order chi connectivity index (χ0) is 34.2. The van der Waals surface area contributed by atoms with Gasteiger partial charge >= 0.3 is 0 Å². The third-order valence-corrected chi connectivity index (χ3v) is 8.50. The van der Waals surface area contributed by atoms with Crippen LogP contribution in [0.15, 0.2) is 83.9 Å². The third kappa shape index (κ3) is 9.01. The molecular weight excluding hydrogens is 622 g/mol. The maximum Gasteiger partial charge on any atom is 0.264 e. The van der Waals surface area contributed by atoms with Gasteiger partial charge in [0.05, 0.1) is 29.7 Å². The number of carbonyl (C=O) groups excluding carboxylic acids is 2. The minimum Gasteiger partial charge on any atom is -0.369 e. The Morgan fingerprint density at radius 1 is 1.17 bits per heavy atom. The molecule has 4 N–H and O–H groups in total. The van der Waals surface area contributed by atoms with Crippen molar-refractivity contribution in [1.82, 2.24) is 19.8 Å². The van der Waals surface area contributed by atoms with Gasteiger partial charge in [-0.15, -0.1) is 0 Å². The summed E-state index contributed by atoms with van der Waals surface area (Å²) >= 11 is 0. The molecule has 0 saturated carbocycles. The number of nitrogens with one attached hydrogen (secondary N) is 4. The molecule has 248 valence electrons. The Bertz CT molecular complexity index is 1830. The number of amides is 2. The number of ether oxygens (including phenoxy) is 1. The molecule has 14 heteroatoms. The number of para-hydroxylation sites is 1. The number of anilines is 2. The molecule has 1 aliphatic heterocycles. The quantitative estimate of drug-likeness (QED) is 0.149. The summed E-state index contributed by atoms with van der Waals surface area (Å²) in [5, 5.41) is 14.3. The Kier molecular flexibility index (Phi) is 11.1. The molecule has 0 radical (unpaired) electrons. The molecular formula is C33H39N7O6S. The Labute approximate surface area is 273 Å². The van der Waals surface area contributed by atoms with Crippen LogP contribution < -0.4 is 20.9 Å². The van der Waals surface area contributed by atoms with Crippen molar-refractivity contribution in [3.63, 3.8) is 0 Å². The second kappa shape index (κ2) is 15.0. The summed E-state index contributed by atoms with van der Waals surface area (Å²) in [4.78, 5) is 44.2. The van der Waals surface area contributed by atoms with Crippen molar-refractivity contribution in [2.45, 2.75) is 45.3 Å². The summed E-state index contributed by atoms with van der Waals surface area (Å²) in [6, 6.07) is 13.8. The van der Waals surface area contributed by atoms with Crippen LogP contribution in [0.2, 0.25) is 0 Å². The van der Waals surface area contributed by atoms with Crippen molar-refractivity contribution in [3.05, 3.63) is 101 Å². The van der Waals surface area contributed by atoms with E-state index in [-0.39, 0.29) is 42.9 Å². The number of hydrogen-bond donors (Lipinski definition) is 4. The van der Waals surface area contributed by atoms with Crippen molar-refractivity contribution >= 4 is 39.6 Å². The van der Waals surface area contributed by atoms with Crippen LogP contribution in [-0.4, -0.2) is 66.3 Å². The number of allylic oxidation sites excluding steroid dienone is 1. The van der Waals surface area contributed by atoms with E-state index in [1.54, 1.807) is 60.4 Å². The molecule has 3 aromatic rings. The van der Waals surface area contributed by atoms with Gasteiger partial charge in [-0.2, -0.15) is 0 Å². The first-order chi connectivity index (χ1) is 22.3. The second-order valence-corrected chi connectivity index (χ2v) is 13.0. The summed E-state index contributed by atoms with van der Waals surface area (Å²) in [5.41, 5.74) is 1.71. The van der Waals surface area contributed by atoms with Crippen LogP contribution >= 0.6 is 0 Å². The molecule has 1 aliphatic rings. The summed E-state index contributed by atoms with van der Waals surface area (Å²) in [6.45, 7) is 11.5. The summed E-state index contributed by atoms with van der Waals surface area (Å²) in [5.74, 6) is -0.109. The molecule has 47 heavy (non-hydrogen) atoms. The van der Waals surface area contributed by atoms with Gasteiger partial charge in [-0.05, 0) is 50.5 Å². The van der Waals surface area contributed by atoms with Crippen molar-refractivity contribution in [3.8, 4) is 11.1 Å². The standard InChI is InChI=1S/C33H39N7O6S/c1-5-47(44,45)38-28-10-7-6-9-26(28)24-12-14-25(15-13-24)31(42)39-18-16-33(4,46-22-39)20-40-21-36-30(27(19-34)32(40)43)35-17-8-11-29(41)37-23(2)3/h5-7,9-10,12-15,19,21,34-35,38H,1-2,8,11,16-18,20,22H2,3-4H3,(H,37,41). The van der Waals surface area contributed by atoms with Gasteiger partial charge < -0.3 is 25.7 Å². The van der Waals surface area contributed by atoms with Crippen molar-refractivity contribution in [1.29, 1.82) is 5.41 Å². The highest BCUT2D eigenvalue weighted by molar-refractivity contribution is 7.95. The van der Waals surface area contributed by atoms with Crippen molar-refractivity contribution in [2.75, 3.05) is 29.9 Å². The van der Waals surface area contributed by atoms with Crippen molar-refractivity contribution in [2.24, 2.45) is 0 Å². The molecule has 0 aliphatic carbocycles. The molecule has 13 nitrogen and oxygen atoms in total. The molecule has 2 heterocycles. The fraction of sp³-hybridized carbons (Fsp3) is 0.303. The zero-order valence-corrected chi connectivity index (χ0v) is 27.2. The maximum atomic E-state index is 13.3. The normalized spacial score (nSPS) is 16.2. The van der Waals surface area contributed by atoms with Gasteiger partial charge in [0.1, 0.15) is 12.5 Å². The lowest BCUT2D eigenvalue weighted by atomic mass is 9.99. The first kappa shape index (κ1) is 34.8. The smallest absolute Gasteiger partial charge is 0.264 e. The summed E-state index contributed by atoms with van der Waals surface area (Å²) < 4.78 is 34.0. The van der Waals surface area contributed by atoms with Gasteiger partial charge in [-0.25, -0.2) is 13.4 Å². The molecule has 0 spiro atoms. The topological polar surface area (TPSA) is 176 Å². The Balaban J connectivity index is 1.36. The predicted octanol–water partition coefficient (Wildman–Crippen LogP) is 3.91. The Morgan fingerprint density at radius 3 is 2.53 bits per heavy atom. The largest absolute Gasteiger partial charge is 0.369 e. The minimum atomic E-state index is -3.70. The lowest BCUT2D eigenvalue weighted by molar-refractivity contribution is -0.123. The molecule has 1 saturated heterocycles.